The molecule has 0 aliphatic heterocycles. The molecule has 0 spiro atoms. The van der Waals surface area contributed by atoms with Crippen molar-refractivity contribution < 1.29 is 14.3 Å². The molecule has 0 saturated carbocycles. The number of rotatable bonds is 8. The summed E-state index contributed by atoms with van der Waals surface area (Å²) >= 11 is 0. The van der Waals surface area contributed by atoms with Gasteiger partial charge >= 0.3 is 0 Å². The minimum atomic E-state index is -0.749. The van der Waals surface area contributed by atoms with Crippen LogP contribution in [0.4, 0.5) is 0 Å². The highest BCUT2D eigenvalue weighted by Gasteiger charge is 2.32. The Hall–Kier alpha value is -0.410. The van der Waals surface area contributed by atoms with E-state index in [4.69, 9.17) is 9.47 Å². The van der Waals surface area contributed by atoms with Crippen molar-refractivity contribution >= 4 is 5.78 Å². The van der Waals surface area contributed by atoms with Gasteiger partial charge in [0.05, 0.1) is 6.61 Å². The largest absolute Gasteiger partial charge is 0.381 e. The molecule has 0 fully saturated rings. The summed E-state index contributed by atoms with van der Waals surface area (Å²) in [6, 6.07) is 0. The van der Waals surface area contributed by atoms with Gasteiger partial charge in [0.2, 0.25) is 0 Å². The summed E-state index contributed by atoms with van der Waals surface area (Å²) in [7, 11) is 1.59. The van der Waals surface area contributed by atoms with Crippen molar-refractivity contribution in [2.45, 2.75) is 45.6 Å². The first-order chi connectivity index (χ1) is 6.60. The normalized spacial score (nSPS) is 15.1. The molecule has 0 aliphatic rings. The molecule has 1 atom stereocenters. The molecule has 0 amide bonds. The number of hydrogen-bond donors (Lipinski definition) is 0. The summed E-state index contributed by atoms with van der Waals surface area (Å²) in [4.78, 5) is 11.8. The van der Waals surface area contributed by atoms with Crippen LogP contribution >= 0.6 is 0 Å². The molecule has 0 bridgehead atoms. The van der Waals surface area contributed by atoms with Gasteiger partial charge in [0.1, 0.15) is 5.60 Å². The lowest BCUT2D eigenvalue weighted by Crippen LogP contribution is -2.43. The topological polar surface area (TPSA) is 35.5 Å². The summed E-state index contributed by atoms with van der Waals surface area (Å²) in [5.41, 5.74) is -0.749. The third kappa shape index (κ3) is 4.20. The molecule has 84 valence electrons. The maximum atomic E-state index is 11.8. The molecule has 0 aromatic heterocycles. The van der Waals surface area contributed by atoms with Crippen LogP contribution in [0.15, 0.2) is 0 Å². The second-order valence-corrected chi connectivity index (χ2v) is 3.69. The Morgan fingerprint density at radius 2 is 1.93 bits per heavy atom. The van der Waals surface area contributed by atoms with Gasteiger partial charge in [0.25, 0.3) is 0 Å². The van der Waals surface area contributed by atoms with Gasteiger partial charge in [0, 0.05) is 20.1 Å². The van der Waals surface area contributed by atoms with E-state index in [0.717, 1.165) is 12.8 Å². The van der Waals surface area contributed by atoms with E-state index in [1.165, 1.54) is 0 Å². The molecule has 0 N–H and O–H groups in total. The summed E-state index contributed by atoms with van der Waals surface area (Å²) in [5.74, 6) is 0.135. The number of carbonyl (C=O) groups excluding carboxylic acids is 1. The number of hydrogen-bond acceptors (Lipinski definition) is 3. The quantitative estimate of drug-likeness (QED) is 0.605. The van der Waals surface area contributed by atoms with E-state index in [1.807, 2.05) is 20.8 Å². The summed E-state index contributed by atoms with van der Waals surface area (Å²) in [6.45, 7) is 6.77. The molecule has 0 rings (SSSR count). The van der Waals surface area contributed by atoms with Gasteiger partial charge in [-0.25, -0.2) is 0 Å². The van der Waals surface area contributed by atoms with Gasteiger partial charge < -0.3 is 9.47 Å². The molecule has 14 heavy (non-hydrogen) atoms. The van der Waals surface area contributed by atoms with Crippen LogP contribution in [0.1, 0.15) is 40.0 Å². The second-order valence-electron chi connectivity index (χ2n) is 3.69. The monoisotopic (exact) mass is 202 g/mol. The lowest BCUT2D eigenvalue weighted by molar-refractivity contribution is -0.149. The Balaban J connectivity index is 4.28. The van der Waals surface area contributed by atoms with E-state index in [-0.39, 0.29) is 5.78 Å². The van der Waals surface area contributed by atoms with Gasteiger partial charge in [-0.1, -0.05) is 13.8 Å². The van der Waals surface area contributed by atoms with Gasteiger partial charge in [-0.3, -0.25) is 4.79 Å². The van der Waals surface area contributed by atoms with Crippen LogP contribution in [0.2, 0.25) is 0 Å². The molecule has 3 heteroatoms. The standard InChI is InChI=1S/C11H22O3/c1-5-7-10(12)11(3,9-13-4)14-8-6-2/h5-9H2,1-4H3. The number of ether oxygens (including phenoxy) is 2. The maximum absolute atomic E-state index is 11.8. The number of methoxy groups -OCH3 is 1. The average Bonchev–Trinajstić information content (AvgIpc) is 2.15. The van der Waals surface area contributed by atoms with Crippen molar-refractivity contribution in [3.63, 3.8) is 0 Å². The minimum absolute atomic E-state index is 0.135. The van der Waals surface area contributed by atoms with E-state index in [2.05, 4.69) is 0 Å². The smallest absolute Gasteiger partial charge is 0.166 e. The van der Waals surface area contributed by atoms with Crippen LogP contribution < -0.4 is 0 Å². The van der Waals surface area contributed by atoms with Crippen LogP contribution in [0.25, 0.3) is 0 Å². The molecule has 0 heterocycles. The highest BCUT2D eigenvalue weighted by atomic mass is 16.5. The molecule has 0 radical (unpaired) electrons. The SMILES string of the molecule is CCCOC(C)(COC)C(=O)CCC. The molecule has 3 nitrogen and oxygen atoms in total. The van der Waals surface area contributed by atoms with E-state index < -0.39 is 5.60 Å². The molecular weight excluding hydrogens is 180 g/mol. The first kappa shape index (κ1) is 13.6. The molecule has 0 aromatic rings. The van der Waals surface area contributed by atoms with Crippen molar-refractivity contribution in [2.75, 3.05) is 20.3 Å². The Kier molecular flexibility index (Phi) is 6.75. The predicted molar refractivity (Wildman–Crippen MR) is 56.4 cm³/mol. The summed E-state index contributed by atoms with van der Waals surface area (Å²) in [5, 5.41) is 0. The molecule has 0 aromatic carbocycles. The highest BCUT2D eigenvalue weighted by Crippen LogP contribution is 2.16. The number of carbonyl (C=O) groups is 1. The van der Waals surface area contributed by atoms with Crippen LogP contribution in [0, 0.1) is 0 Å². The first-order valence-electron chi connectivity index (χ1n) is 5.27. The molecule has 1 unspecified atom stereocenters. The Morgan fingerprint density at radius 1 is 1.29 bits per heavy atom. The van der Waals surface area contributed by atoms with E-state index >= 15 is 0 Å². The van der Waals surface area contributed by atoms with Crippen molar-refractivity contribution in [3.8, 4) is 0 Å². The highest BCUT2D eigenvalue weighted by molar-refractivity contribution is 5.87. The fraction of sp³-hybridized carbons (Fsp3) is 0.909. The minimum Gasteiger partial charge on any atom is -0.381 e. The Bertz CT molecular complexity index is 168. The molecular formula is C11H22O3. The summed E-state index contributed by atoms with van der Waals surface area (Å²) < 4.78 is 10.6. The number of ketones is 1. The fourth-order valence-electron chi connectivity index (χ4n) is 1.30. The predicted octanol–water partition coefficient (Wildman–Crippen LogP) is 2.19. The van der Waals surface area contributed by atoms with E-state index in [9.17, 15) is 4.79 Å². The van der Waals surface area contributed by atoms with Crippen LogP contribution in [-0.4, -0.2) is 31.7 Å². The van der Waals surface area contributed by atoms with Crippen molar-refractivity contribution in [2.24, 2.45) is 0 Å². The zero-order valence-corrected chi connectivity index (χ0v) is 9.76. The number of Topliss-reactive ketones (excluding diaryl/α,β-unsaturated/α-hetero) is 1. The van der Waals surface area contributed by atoms with Crippen LogP contribution in [0.3, 0.4) is 0 Å². The molecule has 0 aliphatic carbocycles. The lowest BCUT2D eigenvalue weighted by atomic mass is 9.98. The lowest BCUT2D eigenvalue weighted by Gasteiger charge is -2.27. The maximum Gasteiger partial charge on any atom is 0.166 e. The first-order valence-corrected chi connectivity index (χ1v) is 5.27. The van der Waals surface area contributed by atoms with Crippen molar-refractivity contribution in [1.29, 1.82) is 0 Å². The van der Waals surface area contributed by atoms with Gasteiger partial charge in [0.15, 0.2) is 5.78 Å². The van der Waals surface area contributed by atoms with Crippen LogP contribution in [0.5, 0.6) is 0 Å². The Labute approximate surface area is 86.8 Å². The second kappa shape index (κ2) is 6.96. The third-order valence-corrected chi connectivity index (χ3v) is 2.11. The van der Waals surface area contributed by atoms with Gasteiger partial charge in [-0.2, -0.15) is 0 Å². The Morgan fingerprint density at radius 3 is 2.36 bits per heavy atom. The molecule has 0 saturated heterocycles. The summed E-state index contributed by atoms with van der Waals surface area (Å²) in [6.07, 6.45) is 2.33. The van der Waals surface area contributed by atoms with Gasteiger partial charge in [-0.05, 0) is 19.8 Å². The third-order valence-electron chi connectivity index (χ3n) is 2.11. The van der Waals surface area contributed by atoms with Gasteiger partial charge in [-0.15, -0.1) is 0 Å². The van der Waals surface area contributed by atoms with E-state index in [0.29, 0.717) is 19.6 Å². The van der Waals surface area contributed by atoms with Crippen molar-refractivity contribution in [1.82, 2.24) is 0 Å². The zero-order chi connectivity index (χ0) is 11.0. The fourth-order valence-corrected chi connectivity index (χ4v) is 1.30. The van der Waals surface area contributed by atoms with Crippen molar-refractivity contribution in [3.05, 3.63) is 0 Å². The van der Waals surface area contributed by atoms with E-state index in [1.54, 1.807) is 7.11 Å². The zero-order valence-electron chi connectivity index (χ0n) is 9.76. The van der Waals surface area contributed by atoms with Crippen LogP contribution in [-0.2, 0) is 14.3 Å². The average molecular weight is 202 g/mol.